The Bertz CT molecular complexity index is 671. The van der Waals surface area contributed by atoms with Crippen molar-refractivity contribution >= 4 is 46.1 Å². The Morgan fingerprint density at radius 3 is 2.60 bits per heavy atom. The summed E-state index contributed by atoms with van der Waals surface area (Å²) >= 11 is 19.3. The van der Waals surface area contributed by atoms with Crippen LogP contribution < -0.4 is 4.74 Å². The molecule has 0 amide bonds. The van der Waals surface area contributed by atoms with Crippen LogP contribution in [0.15, 0.2) is 23.6 Å². The Hall–Kier alpha value is -0.890. The van der Waals surface area contributed by atoms with Gasteiger partial charge in [0.05, 0.1) is 15.1 Å². The third kappa shape index (κ3) is 4.05. The highest BCUT2D eigenvalue weighted by molar-refractivity contribution is 7.10. The van der Waals surface area contributed by atoms with E-state index in [2.05, 4.69) is 11.8 Å². The molecule has 0 spiro atoms. The molecule has 1 N–H and O–H groups in total. The Morgan fingerprint density at radius 2 is 1.85 bits per heavy atom. The van der Waals surface area contributed by atoms with Crippen molar-refractivity contribution < 1.29 is 9.84 Å². The fraction of sp³-hybridized carbons (Fsp3) is 0.143. The minimum absolute atomic E-state index is 0.152. The highest BCUT2D eigenvalue weighted by Crippen LogP contribution is 2.34. The lowest BCUT2D eigenvalue weighted by Gasteiger charge is -2.08. The Balaban J connectivity index is 2.05. The van der Waals surface area contributed by atoms with E-state index in [9.17, 15) is 0 Å². The van der Waals surface area contributed by atoms with Crippen molar-refractivity contribution in [3.63, 3.8) is 0 Å². The van der Waals surface area contributed by atoms with Gasteiger partial charge in [-0.3, -0.25) is 0 Å². The summed E-state index contributed by atoms with van der Waals surface area (Å²) in [6, 6.07) is 5.04. The molecule has 0 unspecified atom stereocenters. The molecule has 104 valence electrons. The molecular weight excluding hydrogens is 339 g/mol. The van der Waals surface area contributed by atoms with Crippen molar-refractivity contribution in [2.75, 3.05) is 6.61 Å². The van der Waals surface area contributed by atoms with E-state index >= 15 is 0 Å². The van der Waals surface area contributed by atoms with Gasteiger partial charge in [-0.1, -0.05) is 46.6 Å². The van der Waals surface area contributed by atoms with E-state index < -0.39 is 0 Å². The highest BCUT2D eigenvalue weighted by Gasteiger charge is 2.08. The number of benzene rings is 1. The van der Waals surface area contributed by atoms with Gasteiger partial charge in [0.2, 0.25) is 0 Å². The lowest BCUT2D eigenvalue weighted by molar-refractivity contribution is 0.310. The zero-order chi connectivity index (χ0) is 14.5. The number of hydrogen-bond donors (Lipinski definition) is 1. The van der Waals surface area contributed by atoms with Crippen LogP contribution >= 0.6 is 46.1 Å². The van der Waals surface area contributed by atoms with Gasteiger partial charge in [0.1, 0.15) is 19.0 Å². The first-order valence-electron chi connectivity index (χ1n) is 5.54. The van der Waals surface area contributed by atoms with Crippen molar-refractivity contribution in [3.05, 3.63) is 49.1 Å². The zero-order valence-corrected chi connectivity index (χ0v) is 13.2. The molecule has 0 saturated heterocycles. The Morgan fingerprint density at radius 1 is 1.10 bits per heavy atom. The molecule has 0 aliphatic rings. The number of aliphatic hydroxyl groups excluding tert-OH is 1. The number of hydrogen-bond acceptors (Lipinski definition) is 3. The quantitative estimate of drug-likeness (QED) is 0.648. The molecule has 2 aromatic rings. The van der Waals surface area contributed by atoms with Gasteiger partial charge in [0.15, 0.2) is 0 Å². The van der Waals surface area contributed by atoms with Crippen LogP contribution in [-0.2, 0) is 6.61 Å². The van der Waals surface area contributed by atoms with Crippen LogP contribution in [0.5, 0.6) is 5.75 Å². The second-order valence-electron chi connectivity index (χ2n) is 3.75. The molecule has 1 aromatic carbocycles. The molecule has 20 heavy (non-hydrogen) atoms. The first-order chi connectivity index (χ1) is 9.60. The summed E-state index contributed by atoms with van der Waals surface area (Å²) in [6.45, 7) is 0.212. The molecule has 0 aliphatic heterocycles. The third-order valence-corrected chi connectivity index (χ3v) is 4.24. The molecule has 2 rings (SSSR count). The van der Waals surface area contributed by atoms with Gasteiger partial charge in [-0.05, 0) is 12.1 Å². The van der Waals surface area contributed by atoms with E-state index in [4.69, 9.17) is 44.6 Å². The predicted molar refractivity (Wildman–Crippen MR) is 84.1 cm³/mol. The number of halogens is 3. The Labute approximate surface area is 135 Å². The van der Waals surface area contributed by atoms with Gasteiger partial charge in [-0.15, -0.1) is 11.3 Å². The molecule has 0 radical (unpaired) electrons. The highest BCUT2D eigenvalue weighted by atomic mass is 35.5. The molecule has 0 bridgehead atoms. The van der Waals surface area contributed by atoms with Gasteiger partial charge in [0.25, 0.3) is 0 Å². The molecule has 0 saturated carbocycles. The monoisotopic (exact) mass is 346 g/mol. The van der Waals surface area contributed by atoms with Crippen molar-refractivity contribution in [2.24, 2.45) is 0 Å². The number of thiophene rings is 1. The first kappa shape index (κ1) is 15.5. The standard InChI is InChI=1S/C14H9Cl3O2S/c15-11-5-13(17)14(6-12(11)16)19-7-10-4-9(8-20-10)2-1-3-18/h4-6,8,18H,3,7H2. The summed E-state index contributed by atoms with van der Waals surface area (Å²) in [5, 5.41) is 11.7. The van der Waals surface area contributed by atoms with Crippen LogP contribution in [0.4, 0.5) is 0 Å². The summed E-state index contributed by atoms with van der Waals surface area (Å²) in [5.41, 5.74) is 0.850. The van der Waals surface area contributed by atoms with E-state index in [-0.39, 0.29) is 6.61 Å². The summed E-state index contributed by atoms with van der Waals surface area (Å²) < 4.78 is 5.61. The van der Waals surface area contributed by atoms with Crippen molar-refractivity contribution in [1.29, 1.82) is 0 Å². The van der Waals surface area contributed by atoms with Gasteiger partial charge in [0, 0.05) is 21.9 Å². The summed E-state index contributed by atoms with van der Waals surface area (Å²) in [4.78, 5) is 0.995. The van der Waals surface area contributed by atoms with Gasteiger partial charge < -0.3 is 9.84 Å². The van der Waals surface area contributed by atoms with Crippen molar-refractivity contribution in [3.8, 4) is 17.6 Å². The minimum Gasteiger partial charge on any atom is -0.486 e. The average Bonchev–Trinajstić information content (AvgIpc) is 2.87. The van der Waals surface area contributed by atoms with E-state index in [0.29, 0.717) is 27.4 Å². The maximum atomic E-state index is 8.63. The topological polar surface area (TPSA) is 29.5 Å². The second-order valence-corrected chi connectivity index (χ2v) is 5.96. The second kappa shape index (κ2) is 7.21. The van der Waals surface area contributed by atoms with E-state index in [1.54, 1.807) is 12.1 Å². The first-order valence-corrected chi connectivity index (χ1v) is 7.56. The fourth-order valence-corrected chi connectivity index (χ4v) is 2.75. The van der Waals surface area contributed by atoms with Crippen molar-refractivity contribution in [1.82, 2.24) is 0 Å². The predicted octanol–water partition coefficient (Wildman–Crippen LogP) is 4.63. The summed E-state index contributed by atoms with van der Waals surface area (Å²) in [5.74, 6) is 5.91. The maximum absolute atomic E-state index is 8.63. The molecule has 0 fully saturated rings. The lowest BCUT2D eigenvalue weighted by atomic mass is 10.3. The number of ether oxygens (including phenoxy) is 1. The van der Waals surface area contributed by atoms with Gasteiger partial charge >= 0.3 is 0 Å². The summed E-state index contributed by atoms with van der Waals surface area (Å²) in [6.07, 6.45) is 0. The third-order valence-electron chi connectivity index (χ3n) is 2.31. The molecule has 0 aliphatic carbocycles. The van der Waals surface area contributed by atoms with Crippen molar-refractivity contribution in [2.45, 2.75) is 6.61 Å². The van der Waals surface area contributed by atoms with Crippen LogP contribution in [0.3, 0.4) is 0 Å². The van der Waals surface area contributed by atoms with Crippen LogP contribution in [0.1, 0.15) is 10.4 Å². The van der Waals surface area contributed by atoms with Crippen LogP contribution in [0.25, 0.3) is 0 Å². The summed E-state index contributed by atoms with van der Waals surface area (Å²) in [7, 11) is 0. The zero-order valence-electron chi connectivity index (χ0n) is 10.1. The Kier molecular flexibility index (Phi) is 5.59. The molecule has 0 atom stereocenters. The van der Waals surface area contributed by atoms with Crippen LogP contribution in [-0.4, -0.2) is 11.7 Å². The van der Waals surface area contributed by atoms with Gasteiger partial charge in [-0.2, -0.15) is 0 Å². The largest absolute Gasteiger partial charge is 0.486 e. The molecule has 1 heterocycles. The van der Waals surface area contributed by atoms with E-state index in [0.717, 1.165) is 10.4 Å². The number of rotatable bonds is 3. The molecule has 6 heteroatoms. The van der Waals surface area contributed by atoms with E-state index in [1.165, 1.54) is 11.3 Å². The maximum Gasteiger partial charge on any atom is 0.140 e. The molecule has 1 aromatic heterocycles. The fourth-order valence-electron chi connectivity index (χ4n) is 1.43. The lowest BCUT2D eigenvalue weighted by Crippen LogP contribution is -1.93. The molecular formula is C14H9Cl3O2S. The van der Waals surface area contributed by atoms with Crippen LogP contribution in [0, 0.1) is 11.8 Å². The smallest absolute Gasteiger partial charge is 0.140 e. The average molecular weight is 348 g/mol. The number of aliphatic hydroxyl groups is 1. The van der Waals surface area contributed by atoms with Crippen LogP contribution in [0.2, 0.25) is 15.1 Å². The normalized spacial score (nSPS) is 10.0. The SMILES string of the molecule is OCC#Cc1csc(COc2cc(Cl)c(Cl)cc2Cl)c1. The van der Waals surface area contributed by atoms with Gasteiger partial charge in [-0.25, -0.2) is 0 Å². The van der Waals surface area contributed by atoms with E-state index in [1.807, 2.05) is 11.4 Å². The molecule has 2 nitrogen and oxygen atoms in total. The minimum atomic E-state index is -0.152.